The van der Waals surface area contributed by atoms with Gasteiger partial charge in [-0.2, -0.15) is 0 Å². The summed E-state index contributed by atoms with van der Waals surface area (Å²) in [6, 6.07) is 1.42. The van der Waals surface area contributed by atoms with Crippen molar-refractivity contribution in [2.75, 3.05) is 39.1 Å². The number of carbonyl (C=O) groups excluding carboxylic acids is 2. The molecule has 7 nitrogen and oxygen atoms in total. The first-order valence-electron chi connectivity index (χ1n) is 6.34. The Bertz CT molecular complexity index is 510. The molecule has 2 N–H and O–H groups in total. The normalized spacial score (nSPS) is 10.2. The average Bonchev–Trinajstić information content (AvgIpc) is 2.45. The minimum atomic E-state index is -0.505. The molecule has 0 fully saturated rings. The molecule has 0 aliphatic heterocycles. The van der Waals surface area contributed by atoms with Crippen LogP contribution in [0, 0.1) is 0 Å². The van der Waals surface area contributed by atoms with Crippen molar-refractivity contribution < 1.29 is 19.1 Å². The van der Waals surface area contributed by atoms with Crippen molar-refractivity contribution in [3.05, 3.63) is 23.0 Å². The van der Waals surface area contributed by atoms with Crippen LogP contribution < -0.4 is 5.73 Å². The molecule has 0 saturated heterocycles. The van der Waals surface area contributed by atoms with E-state index in [0.29, 0.717) is 5.69 Å². The summed E-state index contributed by atoms with van der Waals surface area (Å²) in [5.41, 5.74) is 6.05. The van der Waals surface area contributed by atoms with E-state index in [1.54, 1.807) is 6.92 Å². The Morgan fingerprint density at radius 1 is 1.48 bits per heavy atom. The molecule has 0 radical (unpaired) electrons. The van der Waals surface area contributed by atoms with Gasteiger partial charge in [0, 0.05) is 13.7 Å². The molecule has 0 aliphatic rings. The van der Waals surface area contributed by atoms with Crippen LogP contribution in [0.2, 0.25) is 5.15 Å². The zero-order valence-corrected chi connectivity index (χ0v) is 12.7. The molecule has 8 heteroatoms. The van der Waals surface area contributed by atoms with Gasteiger partial charge >= 0.3 is 5.97 Å². The molecule has 0 saturated carbocycles. The number of nitrogens with two attached hydrogens (primary N) is 1. The fourth-order valence-corrected chi connectivity index (χ4v) is 1.79. The van der Waals surface area contributed by atoms with E-state index in [2.05, 4.69) is 4.98 Å². The molecular weight excluding hydrogens is 298 g/mol. The molecule has 1 aromatic rings. The van der Waals surface area contributed by atoms with Crippen LogP contribution in [0.3, 0.4) is 0 Å². The Morgan fingerprint density at radius 2 is 2.19 bits per heavy atom. The number of ether oxygens (including phenoxy) is 2. The predicted molar refractivity (Wildman–Crippen MR) is 78.1 cm³/mol. The van der Waals surface area contributed by atoms with E-state index in [0.717, 1.165) is 0 Å². The van der Waals surface area contributed by atoms with Gasteiger partial charge in [-0.3, -0.25) is 9.59 Å². The fourth-order valence-electron chi connectivity index (χ4n) is 1.60. The summed E-state index contributed by atoms with van der Waals surface area (Å²) in [7, 11) is 1.50. The molecule has 1 heterocycles. The van der Waals surface area contributed by atoms with Crippen molar-refractivity contribution >= 4 is 29.2 Å². The van der Waals surface area contributed by atoms with Crippen molar-refractivity contribution in [2.45, 2.75) is 6.92 Å². The molecule has 0 aromatic carbocycles. The number of nitrogens with zero attached hydrogens (tertiary/aromatic N) is 2. The van der Waals surface area contributed by atoms with Gasteiger partial charge in [-0.25, -0.2) is 4.98 Å². The Kier molecular flexibility index (Phi) is 6.90. The van der Waals surface area contributed by atoms with Crippen LogP contribution in [0.15, 0.2) is 12.3 Å². The molecule has 1 amide bonds. The van der Waals surface area contributed by atoms with Gasteiger partial charge in [0.1, 0.15) is 11.7 Å². The standard InChI is InChI=1S/C13H18ClN3O4/c1-3-21-11(18)8-17(4-5-20-2)13(19)10-6-9(15)7-16-12(10)14/h6-7H,3-5,8,15H2,1-2H3. The zero-order chi connectivity index (χ0) is 15.8. The topological polar surface area (TPSA) is 94.8 Å². The first-order chi connectivity index (χ1) is 9.99. The molecule has 21 heavy (non-hydrogen) atoms. The monoisotopic (exact) mass is 315 g/mol. The number of pyridine rings is 1. The molecule has 0 unspecified atom stereocenters. The van der Waals surface area contributed by atoms with E-state index in [4.69, 9.17) is 26.8 Å². The summed E-state index contributed by atoms with van der Waals surface area (Å²) in [4.78, 5) is 29.1. The van der Waals surface area contributed by atoms with Gasteiger partial charge in [0.2, 0.25) is 0 Å². The second-order valence-electron chi connectivity index (χ2n) is 4.13. The summed E-state index contributed by atoms with van der Waals surface area (Å²) in [6.07, 6.45) is 1.35. The van der Waals surface area contributed by atoms with Crippen LogP contribution in [0.4, 0.5) is 5.69 Å². The number of carbonyl (C=O) groups is 2. The van der Waals surface area contributed by atoms with Crippen LogP contribution in [0.5, 0.6) is 0 Å². The van der Waals surface area contributed by atoms with Gasteiger partial charge in [0.15, 0.2) is 0 Å². The number of amides is 1. The predicted octanol–water partition coefficient (Wildman–Crippen LogP) is 0.969. The molecule has 0 bridgehead atoms. The number of methoxy groups -OCH3 is 1. The van der Waals surface area contributed by atoms with Gasteiger partial charge in [0.05, 0.1) is 30.7 Å². The van der Waals surface area contributed by atoms with E-state index >= 15 is 0 Å². The fraction of sp³-hybridized carbons (Fsp3) is 0.462. The number of hydrogen-bond acceptors (Lipinski definition) is 6. The van der Waals surface area contributed by atoms with E-state index in [9.17, 15) is 9.59 Å². The molecule has 116 valence electrons. The lowest BCUT2D eigenvalue weighted by molar-refractivity contribution is -0.143. The highest BCUT2D eigenvalue weighted by molar-refractivity contribution is 6.32. The lowest BCUT2D eigenvalue weighted by Crippen LogP contribution is -2.39. The zero-order valence-electron chi connectivity index (χ0n) is 12.0. The summed E-state index contributed by atoms with van der Waals surface area (Å²) in [5, 5.41) is 0.0282. The molecule has 0 atom stereocenters. The van der Waals surface area contributed by atoms with Gasteiger partial charge in [-0.1, -0.05) is 11.6 Å². The Morgan fingerprint density at radius 3 is 2.81 bits per heavy atom. The number of nitrogen functional groups attached to an aromatic ring is 1. The van der Waals surface area contributed by atoms with E-state index < -0.39 is 11.9 Å². The lowest BCUT2D eigenvalue weighted by atomic mass is 10.2. The largest absolute Gasteiger partial charge is 0.465 e. The summed E-state index contributed by atoms with van der Waals surface area (Å²) in [5.74, 6) is -0.958. The maximum Gasteiger partial charge on any atom is 0.325 e. The highest BCUT2D eigenvalue weighted by Crippen LogP contribution is 2.17. The average molecular weight is 316 g/mol. The Labute approximate surface area is 128 Å². The minimum Gasteiger partial charge on any atom is -0.465 e. The summed E-state index contributed by atoms with van der Waals surface area (Å²) < 4.78 is 9.78. The Hall–Kier alpha value is -1.86. The second-order valence-corrected chi connectivity index (χ2v) is 4.49. The summed E-state index contributed by atoms with van der Waals surface area (Å²) in [6.45, 7) is 2.24. The van der Waals surface area contributed by atoms with Crippen LogP contribution >= 0.6 is 11.6 Å². The Balaban J connectivity index is 2.92. The quantitative estimate of drug-likeness (QED) is 0.595. The second kappa shape index (κ2) is 8.43. The number of anilines is 1. The number of esters is 1. The smallest absolute Gasteiger partial charge is 0.325 e. The first-order valence-corrected chi connectivity index (χ1v) is 6.72. The molecule has 0 aliphatic carbocycles. The van der Waals surface area contributed by atoms with Crippen molar-refractivity contribution in [1.82, 2.24) is 9.88 Å². The molecule has 0 spiro atoms. The van der Waals surface area contributed by atoms with Crippen LogP contribution in [0.1, 0.15) is 17.3 Å². The molecule has 1 rings (SSSR count). The van der Waals surface area contributed by atoms with E-state index in [1.165, 1.54) is 24.3 Å². The van der Waals surface area contributed by atoms with Crippen LogP contribution in [0.25, 0.3) is 0 Å². The molecular formula is C13H18ClN3O4. The van der Waals surface area contributed by atoms with Crippen molar-refractivity contribution in [3.8, 4) is 0 Å². The van der Waals surface area contributed by atoms with Gasteiger partial charge < -0.3 is 20.1 Å². The highest BCUT2D eigenvalue weighted by atomic mass is 35.5. The van der Waals surface area contributed by atoms with Gasteiger partial charge in [-0.05, 0) is 13.0 Å². The van der Waals surface area contributed by atoms with E-state index in [-0.39, 0.29) is 37.0 Å². The summed E-state index contributed by atoms with van der Waals surface area (Å²) >= 11 is 5.91. The minimum absolute atomic E-state index is 0.0282. The van der Waals surface area contributed by atoms with Crippen molar-refractivity contribution in [3.63, 3.8) is 0 Å². The number of hydrogen-bond donors (Lipinski definition) is 1. The first kappa shape index (κ1) is 17.2. The maximum absolute atomic E-state index is 12.4. The van der Waals surface area contributed by atoms with E-state index in [1.807, 2.05) is 0 Å². The number of rotatable bonds is 7. The number of aromatic nitrogens is 1. The third-order valence-corrected chi connectivity index (χ3v) is 2.87. The molecule has 1 aromatic heterocycles. The number of halogens is 1. The SMILES string of the molecule is CCOC(=O)CN(CCOC)C(=O)c1cc(N)cnc1Cl. The lowest BCUT2D eigenvalue weighted by Gasteiger charge is -2.21. The van der Waals surface area contributed by atoms with Gasteiger partial charge in [0.25, 0.3) is 5.91 Å². The van der Waals surface area contributed by atoms with Crippen molar-refractivity contribution in [1.29, 1.82) is 0 Å². The van der Waals surface area contributed by atoms with Gasteiger partial charge in [-0.15, -0.1) is 0 Å². The van der Waals surface area contributed by atoms with Crippen LogP contribution in [-0.2, 0) is 14.3 Å². The third-order valence-electron chi connectivity index (χ3n) is 2.57. The maximum atomic E-state index is 12.4. The highest BCUT2D eigenvalue weighted by Gasteiger charge is 2.22. The van der Waals surface area contributed by atoms with Crippen LogP contribution in [-0.4, -0.2) is 55.2 Å². The van der Waals surface area contributed by atoms with Crippen molar-refractivity contribution in [2.24, 2.45) is 0 Å². The third kappa shape index (κ3) is 5.20.